The zero-order valence-corrected chi connectivity index (χ0v) is 11.0. The maximum atomic E-state index is 3.67. The molecule has 17 heavy (non-hydrogen) atoms. The Hall–Kier alpha value is -0.860. The first-order valence-corrected chi connectivity index (χ1v) is 6.74. The third-order valence-electron chi connectivity index (χ3n) is 3.85. The lowest BCUT2D eigenvalue weighted by molar-refractivity contribution is 0.317. The Morgan fingerprint density at radius 1 is 1.00 bits per heavy atom. The minimum Gasteiger partial charge on any atom is -0.317 e. The summed E-state index contributed by atoms with van der Waals surface area (Å²) in [5, 5.41) is 7.05. The quantitative estimate of drug-likeness (QED) is 0.834. The van der Waals surface area contributed by atoms with Gasteiger partial charge in [-0.05, 0) is 45.2 Å². The Morgan fingerprint density at radius 3 is 2.18 bits per heavy atom. The fourth-order valence-electron chi connectivity index (χ4n) is 2.55. The number of benzene rings is 1. The van der Waals surface area contributed by atoms with Gasteiger partial charge in [-0.3, -0.25) is 0 Å². The smallest absolute Gasteiger partial charge is 0.0208 e. The van der Waals surface area contributed by atoms with Crippen molar-refractivity contribution in [2.45, 2.75) is 51.2 Å². The molecule has 94 valence electrons. The standard InChI is InChI=1S/C15H24N2/c1-12-3-5-13(6-4-12)11-17-15-9-7-14(16-2)8-10-15/h3-6,14-17H,7-11H2,1-2H3. The molecule has 1 aromatic rings. The normalized spacial score (nSPS) is 24.8. The molecule has 2 heteroatoms. The second-order valence-corrected chi connectivity index (χ2v) is 5.20. The summed E-state index contributed by atoms with van der Waals surface area (Å²) in [5.41, 5.74) is 2.73. The maximum Gasteiger partial charge on any atom is 0.0208 e. The summed E-state index contributed by atoms with van der Waals surface area (Å²) >= 11 is 0. The summed E-state index contributed by atoms with van der Waals surface area (Å²) in [6, 6.07) is 10.3. The van der Waals surface area contributed by atoms with Crippen molar-refractivity contribution in [1.29, 1.82) is 0 Å². The van der Waals surface area contributed by atoms with Crippen LogP contribution in [0.25, 0.3) is 0 Å². The second kappa shape index (κ2) is 6.18. The zero-order chi connectivity index (χ0) is 12.1. The Labute approximate surface area is 105 Å². The minimum atomic E-state index is 0.709. The first kappa shape index (κ1) is 12.6. The molecule has 0 amide bonds. The third kappa shape index (κ3) is 3.83. The van der Waals surface area contributed by atoms with Crippen LogP contribution in [0.15, 0.2) is 24.3 Å². The molecule has 2 N–H and O–H groups in total. The average molecular weight is 232 g/mol. The fourth-order valence-corrected chi connectivity index (χ4v) is 2.55. The van der Waals surface area contributed by atoms with Crippen molar-refractivity contribution in [1.82, 2.24) is 10.6 Å². The van der Waals surface area contributed by atoms with Gasteiger partial charge in [0.25, 0.3) is 0 Å². The molecular formula is C15H24N2. The maximum absolute atomic E-state index is 3.67. The molecule has 0 spiro atoms. The molecule has 1 fully saturated rings. The second-order valence-electron chi connectivity index (χ2n) is 5.20. The highest BCUT2D eigenvalue weighted by Gasteiger charge is 2.18. The Bertz CT molecular complexity index is 323. The Morgan fingerprint density at radius 2 is 1.59 bits per heavy atom. The largest absolute Gasteiger partial charge is 0.317 e. The van der Waals surface area contributed by atoms with Gasteiger partial charge in [0.15, 0.2) is 0 Å². The highest BCUT2D eigenvalue weighted by atomic mass is 14.9. The molecule has 0 saturated heterocycles. The van der Waals surface area contributed by atoms with Crippen LogP contribution in [0.1, 0.15) is 36.8 Å². The van der Waals surface area contributed by atoms with E-state index in [1.165, 1.54) is 36.8 Å². The average Bonchev–Trinajstić information content (AvgIpc) is 2.39. The van der Waals surface area contributed by atoms with Gasteiger partial charge in [-0.25, -0.2) is 0 Å². The number of hydrogen-bond acceptors (Lipinski definition) is 2. The SMILES string of the molecule is CNC1CCC(NCc2ccc(C)cc2)CC1. The van der Waals surface area contributed by atoms with Gasteiger partial charge in [0.1, 0.15) is 0 Å². The summed E-state index contributed by atoms with van der Waals surface area (Å²) in [4.78, 5) is 0. The number of rotatable bonds is 4. The first-order valence-electron chi connectivity index (χ1n) is 6.74. The molecule has 1 saturated carbocycles. The van der Waals surface area contributed by atoms with Gasteiger partial charge in [-0.2, -0.15) is 0 Å². The van der Waals surface area contributed by atoms with Gasteiger partial charge in [0.05, 0.1) is 0 Å². The van der Waals surface area contributed by atoms with Crippen LogP contribution in [0.2, 0.25) is 0 Å². The van der Waals surface area contributed by atoms with E-state index in [9.17, 15) is 0 Å². The molecule has 1 aliphatic rings. The van der Waals surface area contributed by atoms with E-state index >= 15 is 0 Å². The monoisotopic (exact) mass is 232 g/mol. The predicted octanol–water partition coefficient (Wildman–Crippen LogP) is 2.62. The summed E-state index contributed by atoms with van der Waals surface area (Å²) in [7, 11) is 2.07. The fraction of sp³-hybridized carbons (Fsp3) is 0.600. The first-order chi connectivity index (χ1) is 8.28. The molecule has 0 aliphatic heterocycles. The third-order valence-corrected chi connectivity index (χ3v) is 3.85. The van der Waals surface area contributed by atoms with Crippen molar-refractivity contribution in [3.63, 3.8) is 0 Å². The van der Waals surface area contributed by atoms with Crippen molar-refractivity contribution in [2.75, 3.05) is 7.05 Å². The van der Waals surface area contributed by atoms with Crippen LogP contribution in [0, 0.1) is 6.92 Å². The van der Waals surface area contributed by atoms with Crippen LogP contribution >= 0.6 is 0 Å². The van der Waals surface area contributed by atoms with Crippen LogP contribution in [-0.2, 0) is 6.54 Å². The van der Waals surface area contributed by atoms with E-state index in [4.69, 9.17) is 0 Å². The van der Waals surface area contributed by atoms with Crippen LogP contribution < -0.4 is 10.6 Å². The van der Waals surface area contributed by atoms with E-state index < -0.39 is 0 Å². The van der Waals surface area contributed by atoms with Crippen LogP contribution in [0.4, 0.5) is 0 Å². The van der Waals surface area contributed by atoms with Crippen LogP contribution in [0.5, 0.6) is 0 Å². The molecule has 2 nitrogen and oxygen atoms in total. The highest BCUT2D eigenvalue weighted by Crippen LogP contribution is 2.18. The molecule has 0 atom stereocenters. The van der Waals surface area contributed by atoms with Gasteiger partial charge < -0.3 is 10.6 Å². The molecule has 1 aromatic carbocycles. The zero-order valence-electron chi connectivity index (χ0n) is 11.0. The van der Waals surface area contributed by atoms with Crippen LogP contribution in [0.3, 0.4) is 0 Å². The van der Waals surface area contributed by atoms with E-state index in [2.05, 4.69) is 48.9 Å². The van der Waals surface area contributed by atoms with Crippen molar-refractivity contribution in [2.24, 2.45) is 0 Å². The van der Waals surface area contributed by atoms with Gasteiger partial charge >= 0.3 is 0 Å². The van der Waals surface area contributed by atoms with E-state index in [1.54, 1.807) is 0 Å². The summed E-state index contributed by atoms with van der Waals surface area (Å²) in [5.74, 6) is 0. The Balaban J connectivity index is 1.74. The van der Waals surface area contributed by atoms with E-state index in [-0.39, 0.29) is 0 Å². The predicted molar refractivity (Wildman–Crippen MR) is 73.1 cm³/mol. The van der Waals surface area contributed by atoms with Crippen LogP contribution in [-0.4, -0.2) is 19.1 Å². The van der Waals surface area contributed by atoms with Crippen molar-refractivity contribution < 1.29 is 0 Å². The molecular weight excluding hydrogens is 208 g/mol. The summed E-state index contributed by atoms with van der Waals surface area (Å²) in [6.07, 6.45) is 5.22. The number of nitrogens with one attached hydrogen (secondary N) is 2. The number of hydrogen-bond donors (Lipinski definition) is 2. The lowest BCUT2D eigenvalue weighted by Gasteiger charge is -2.29. The van der Waals surface area contributed by atoms with E-state index in [0.29, 0.717) is 6.04 Å². The molecule has 0 radical (unpaired) electrons. The molecule has 0 aromatic heterocycles. The van der Waals surface area contributed by atoms with Gasteiger partial charge in [0.2, 0.25) is 0 Å². The highest BCUT2D eigenvalue weighted by molar-refractivity contribution is 5.21. The summed E-state index contributed by atoms with van der Waals surface area (Å²) in [6.45, 7) is 3.14. The molecule has 1 aliphatic carbocycles. The molecule has 0 bridgehead atoms. The van der Waals surface area contributed by atoms with E-state index in [1.807, 2.05) is 0 Å². The molecule has 0 heterocycles. The van der Waals surface area contributed by atoms with Crippen molar-refractivity contribution in [3.05, 3.63) is 35.4 Å². The van der Waals surface area contributed by atoms with Gasteiger partial charge in [0, 0.05) is 18.6 Å². The molecule has 2 rings (SSSR count). The van der Waals surface area contributed by atoms with Gasteiger partial charge in [-0.1, -0.05) is 29.8 Å². The number of aryl methyl sites for hydroxylation is 1. The van der Waals surface area contributed by atoms with Gasteiger partial charge in [-0.15, -0.1) is 0 Å². The lowest BCUT2D eigenvalue weighted by Crippen LogP contribution is -2.38. The van der Waals surface area contributed by atoms with Crippen molar-refractivity contribution >= 4 is 0 Å². The lowest BCUT2D eigenvalue weighted by atomic mass is 9.91. The topological polar surface area (TPSA) is 24.1 Å². The molecule has 0 unspecified atom stereocenters. The van der Waals surface area contributed by atoms with Crippen molar-refractivity contribution in [3.8, 4) is 0 Å². The van der Waals surface area contributed by atoms with E-state index in [0.717, 1.165) is 12.6 Å². The Kier molecular flexibility index (Phi) is 4.57. The summed E-state index contributed by atoms with van der Waals surface area (Å²) < 4.78 is 0. The minimum absolute atomic E-state index is 0.709.